The number of hydrogen-bond acceptors (Lipinski definition) is 4. The van der Waals surface area contributed by atoms with Crippen LogP contribution < -0.4 is 0 Å². The number of carbonyl (C=O) groups is 2. The molecule has 0 radical (unpaired) electrons. The Morgan fingerprint density at radius 2 is 1.77 bits per heavy atom. The van der Waals surface area contributed by atoms with E-state index in [4.69, 9.17) is 4.74 Å². The Bertz CT molecular complexity index is 853. The third kappa shape index (κ3) is 5.91. The predicted molar refractivity (Wildman–Crippen MR) is 118 cm³/mol. The lowest BCUT2D eigenvalue weighted by Crippen LogP contribution is -2.46. The van der Waals surface area contributed by atoms with E-state index in [1.54, 1.807) is 17.3 Å². The number of ether oxygens (including phenoxy) is 1. The molecule has 1 aromatic heterocycles. The van der Waals surface area contributed by atoms with Crippen molar-refractivity contribution in [3.8, 4) is 0 Å². The first-order chi connectivity index (χ1) is 15.2. The Morgan fingerprint density at radius 1 is 1.00 bits per heavy atom. The van der Waals surface area contributed by atoms with Crippen molar-refractivity contribution in [3.05, 3.63) is 66.0 Å². The maximum Gasteiger partial charge on any atom is 0.242 e. The van der Waals surface area contributed by atoms with Gasteiger partial charge in [-0.15, -0.1) is 0 Å². The number of benzene rings is 1. The predicted octanol–water partition coefficient (Wildman–Crippen LogP) is 3.21. The Morgan fingerprint density at radius 3 is 2.52 bits per heavy atom. The Labute approximate surface area is 184 Å². The molecule has 1 atom stereocenters. The number of nitrogens with zero attached hydrogens (tertiary/aromatic N) is 3. The van der Waals surface area contributed by atoms with Crippen LogP contribution in [-0.2, 0) is 27.4 Å². The van der Waals surface area contributed by atoms with Crippen molar-refractivity contribution >= 4 is 11.8 Å². The van der Waals surface area contributed by atoms with E-state index in [-0.39, 0.29) is 36.9 Å². The molecule has 1 unspecified atom stereocenters. The average molecular weight is 422 g/mol. The van der Waals surface area contributed by atoms with Crippen LogP contribution in [0.2, 0.25) is 0 Å². The van der Waals surface area contributed by atoms with E-state index >= 15 is 0 Å². The molecule has 0 N–H and O–H groups in total. The van der Waals surface area contributed by atoms with Crippen molar-refractivity contribution in [1.29, 1.82) is 0 Å². The number of pyridine rings is 1. The molecule has 0 spiro atoms. The molecule has 4 rings (SSSR count). The summed E-state index contributed by atoms with van der Waals surface area (Å²) in [6.45, 7) is 1.58. The summed E-state index contributed by atoms with van der Waals surface area (Å²) in [5.41, 5.74) is 1.95. The van der Waals surface area contributed by atoms with Gasteiger partial charge in [0.15, 0.2) is 0 Å². The van der Waals surface area contributed by atoms with Crippen LogP contribution >= 0.6 is 0 Å². The average Bonchev–Trinajstić information content (AvgIpc) is 2.98. The van der Waals surface area contributed by atoms with E-state index in [1.165, 1.54) is 6.42 Å². The van der Waals surface area contributed by atoms with Crippen LogP contribution in [0, 0.1) is 0 Å². The summed E-state index contributed by atoms with van der Waals surface area (Å²) in [5.74, 6) is -0.0163. The highest BCUT2D eigenvalue weighted by molar-refractivity contribution is 5.86. The molecule has 0 bridgehead atoms. The van der Waals surface area contributed by atoms with Crippen molar-refractivity contribution < 1.29 is 14.3 Å². The number of carbonyl (C=O) groups excluding carboxylic acids is 2. The molecule has 2 amide bonds. The lowest BCUT2D eigenvalue weighted by Gasteiger charge is -2.34. The van der Waals surface area contributed by atoms with Gasteiger partial charge in [-0.2, -0.15) is 0 Å². The zero-order chi connectivity index (χ0) is 21.5. The van der Waals surface area contributed by atoms with Gasteiger partial charge in [0.1, 0.15) is 0 Å². The Balaban J connectivity index is 1.48. The Kier molecular flexibility index (Phi) is 7.30. The van der Waals surface area contributed by atoms with Crippen molar-refractivity contribution in [1.82, 2.24) is 14.8 Å². The minimum Gasteiger partial charge on any atom is -0.370 e. The highest BCUT2D eigenvalue weighted by Crippen LogP contribution is 2.25. The number of aromatic nitrogens is 1. The standard InChI is InChI=1S/C25H31N3O3/c29-24(14-21-10-7-13-26-15-21)27-16-23(31-19-20-8-3-1-4-9-20)17-28(25(30)18-27)22-11-5-2-6-12-22/h1,3-4,7-10,13,15,22-23H,2,5-6,11-12,14,16-19H2. The molecular formula is C25H31N3O3. The first-order valence-corrected chi connectivity index (χ1v) is 11.3. The van der Waals surface area contributed by atoms with Crippen molar-refractivity contribution in [2.45, 2.75) is 57.3 Å². The molecule has 2 aromatic rings. The van der Waals surface area contributed by atoms with Gasteiger partial charge >= 0.3 is 0 Å². The summed E-state index contributed by atoms with van der Waals surface area (Å²) in [5, 5.41) is 0. The van der Waals surface area contributed by atoms with Crippen LogP contribution in [0.3, 0.4) is 0 Å². The molecule has 164 valence electrons. The van der Waals surface area contributed by atoms with Crippen LogP contribution in [0.15, 0.2) is 54.9 Å². The van der Waals surface area contributed by atoms with Gasteiger partial charge in [-0.25, -0.2) is 0 Å². The van der Waals surface area contributed by atoms with Gasteiger partial charge in [-0.1, -0.05) is 55.7 Å². The molecule has 2 fully saturated rings. The normalized spacial score (nSPS) is 20.5. The van der Waals surface area contributed by atoms with Gasteiger partial charge in [-0.3, -0.25) is 14.6 Å². The van der Waals surface area contributed by atoms with Gasteiger partial charge in [0.05, 0.1) is 25.7 Å². The second-order valence-corrected chi connectivity index (χ2v) is 8.57. The van der Waals surface area contributed by atoms with E-state index in [9.17, 15) is 9.59 Å². The summed E-state index contributed by atoms with van der Waals surface area (Å²) in [4.78, 5) is 34.0. The first-order valence-electron chi connectivity index (χ1n) is 11.3. The first kappa shape index (κ1) is 21.5. The van der Waals surface area contributed by atoms with Crippen molar-refractivity contribution in [2.24, 2.45) is 0 Å². The van der Waals surface area contributed by atoms with Crippen molar-refractivity contribution in [3.63, 3.8) is 0 Å². The molecule has 1 aliphatic heterocycles. The maximum absolute atomic E-state index is 13.2. The topological polar surface area (TPSA) is 62.7 Å². The zero-order valence-corrected chi connectivity index (χ0v) is 18.0. The Hall–Kier alpha value is -2.73. The van der Waals surface area contributed by atoms with E-state index < -0.39 is 0 Å². The summed E-state index contributed by atoms with van der Waals surface area (Å²) < 4.78 is 6.25. The summed E-state index contributed by atoms with van der Waals surface area (Å²) >= 11 is 0. The molecule has 2 aliphatic rings. The fourth-order valence-corrected chi connectivity index (χ4v) is 4.56. The maximum atomic E-state index is 13.2. The molecule has 6 heteroatoms. The number of hydrogen-bond donors (Lipinski definition) is 0. The highest BCUT2D eigenvalue weighted by atomic mass is 16.5. The SMILES string of the molecule is O=C(Cc1cccnc1)N1CC(=O)N(C2CCCCC2)CC(OCc2ccccc2)C1. The van der Waals surface area contributed by atoms with Crippen LogP contribution in [0.25, 0.3) is 0 Å². The minimum atomic E-state index is -0.202. The lowest BCUT2D eigenvalue weighted by atomic mass is 9.94. The highest BCUT2D eigenvalue weighted by Gasteiger charge is 2.34. The van der Waals surface area contributed by atoms with Gasteiger partial charge in [0, 0.05) is 31.5 Å². The molecule has 1 saturated carbocycles. The molecule has 1 aliphatic carbocycles. The zero-order valence-electron chi connectivity index (χ0n) is 18.0. The van der Waals surface area contributed by atoms with Crippen molar-refractivity contribution in [2.75, 3.05) is 19.6 Å². The van der Waals surface area contributed by atoms with E-state index in [2.05, 4.69) is 4.98 Å². The largest absolute Gasteiger partial charge is 0.370 e. The summed E-state index contributed by atoms with van der Waals surface area (Å²) in [6, 6.07) is 14.0. The van der Waals surface area contributed by atoms with Crippen LogP contribution in [-0.4, -0.2) is 58.4 Å². The third-order valence-electron chi connectivity index (χ3n) is 6.25. The van der Waals surface area contributed by atoms with Gasteiger partial charge < -0.3 is 14.5 Å². The smallest absolute Gasteiger partial charge is 0.242 e. The quantitative estimate of drug-likeness (QED) is 0.719. The van der Waals surface area contributed by atoms with Crippen LogP contribution in [0.1, 0.15) is 43.2 Å². The van der Waals surface area contributed by atoms with E-state index in [0.717, 1.165) is 36.8 Å². The monoisotopic (exact) mass is 421 g/mol. The van der Waals surface area contributed by atoms with Gasteiger partial charge in [0.2, 0.25) is 11.8 Å². The fraction of sp³-hybridized carbons (Fsp3) is 0.480. The summed E-state index contributed by atoms with van der Waals surface area (Å²) in [7, 11) is 0. The number of rotatable bonds is 6. The minimum absolute atomic E-state index is 0.0391. The second kappa shape index (κ2) is 10.5. The van der Waals surface area contributed by atoms with E-state index in [0.29, 0.717) is 19.7 Å². The van der Waals surface area contributed by atoms with Gasteiger partial charge in [-0.05, 0) is 30.0 Å². The van der Waals surface area contributed by atoms with Gasteiger partial charge in [0.25, 0.3) is 0 Å². The third-order valence-corrected chi connectivity index (χ3v) is 6.25. The van der Waals surface area contributed by atoms with Crippen LogP contribution in [0.4, 0.5) is 0 Å². The second-order valence-electron chi connectivity index (χ2n) is 8.57. The molecule has 1 saturated heterocycles. The van der Waals surface area contributed by atoms with E-state index in [1.807, 2.05) is 47.4 Å². The molecule has 1 aromatic carbocycles. The number of amides is 2. The van der Waals surface area contributed by atoms with Crippen LogP contribution in [0.5, 0.6) is 0 Å². The molecule has 31 heavy (non-hydrogen) atoms. The molecule has 2 heterocycles. The molecule has 6 nitrogen and oxygen atoms in total. The summed E-state index contributed by atoms with van der Waals surface area (Å²) in [6.07, 6.45) is 9.08. The molecular weight excluding hydrogens is 390 g/mol. The lowest BCUT2D eigenvalue weighted by molar-refractivity contribution is -0.139. The fourth-order valence-electron chi connectivity index (χ4n) is 4.56.